The summed E-state index contributed by atoms with van der Waals surface area (Å²) in [6.45, 7) is 0. The van der Waals surface area contributed by atoms with E-state index in [9.17, 15) is 14.4 Å². The molecule has 0 heterocycles. The summed E-state index contributed by atoms with van der Waals surface area (Å²) in [5.41, 5.74) is 0.405. The molecule has 0 spiro atoms. The molecule has 0 aliphatic rings. The number of nitrogens with one attached hydrogen (secondary N) is 1. The number of carbonyl (C=O) groups excluding carboxylic acids is 3. The van der Waals surface area contributed by atoms with Gasteiger partial charge in [0, 0.05) is 16.1 Å². The Hall–Kier alpha value is -2.66. The standard InChI is InChI=1S/C16H12ClNO4/c1-22-13-8-4-10(5-9-13)14(19)16(21)18-15(20)11-2-6-12(17)7-3-11/h2-9H,1H3,(H,18,20,21). The largest absolute Gasteiger partial charge is 0.497 e. The van der Waals surface area contributed by atoms with Crippen molar-refractivity contribution >= 4 is 29.2 Å². The Bertz CT molecular complexity index is 708. The van der Waals surface area contributed by atoms with Gasteiger partial charge in [-0.2, -0.15) is 0 Å². The van der Waals surface area contributed by atoms with Crippen molar-refractivity contribution < 1.29 is 19.1 Å². The molecule has 0 aliphatic heterocycles. The maximum atomic E-state index is 11.9. The van der Waals surface area contributed by atoms with Crippen LogP contribution in [-0.2, 0) is 4.79 Å². The van der Waals surface area contributed by atoms with Crippen molar-refractivity contribution in [3.8, 4) is 5.75 Å². The maximum Gasteiger partial charge on any atom is 0.299 e. The average Bonchev–Trinajstić information content (AvgIpc) is 2.54. The SMILES string of the molecule is COc1ccc(C(=O)C(=O)NC(=O)c2ccc(Cl)cc2)cc1. The highest BCUT2D eigenvalue weighted by molar-refractivity contribution is 6.45. The van der Waals surface area contributed by atoms with Gasteiger partial charge in [-0.1, -0.05) is 11.6 Å². The number of hydrogen-bond donors (Lipinski definition) is 1. The molecule has 22 heavy (non-hydrogen) atoms. The highest BCUT2D eigenvalue weighted by Crippen LogP contribution is 2.12. The highest BCUT2D eigenvalue weighted by atomic mass is 35.5. The first-order valence-electron chi connectivity index (χ1n) is 6.31. The summed E-state index contributed by atoms with van der Waals surface area (Å²) in [4.78, 5) is 35.6. The van der Waals surface area contributed by atoms with E-state index in [4.69, 9.17) is 16.3 Å². The van der Waals surface area contributed by atoms with Gasteiger partial charge in [-0.05, 0) is 48.5 Å². The van der Waals surface area contributed by atoms with Crippen LogP contribution in [0.4, 0.5) is 0 Å². The third kappa shape index (κ3) is 3.71. The molecule has 2 aromatic rings. The summed E-state index contributed by atoms with van der Waals surface area (Å²) in [5.74, 6) is -1.90. The summed E-state index contributed by atoms with van der Waals surface area (Å²) in [6.07, 6.45) is 0. The number of carbonyl (C=O) groups is 3. The van der Waals surface area contributed by atoms with Crippen molar-refractivity contribution in [2.24, 2.45) is 0 Å². The quantitative estimate of drug-likeness (QED) is 0.694. The number of halogens is 1. The number of ketones is 1. The van der Waals surface area contributed by atoms with Gasteiger partial charge in [0.25, 0.3) is 17.6 Å². The molecule has 2 amide bonds. The molecule has 0 fully saturated rings. The van der Waals surface area contributed by atoms with Crippen molar-refractivity contribution in [1.29, 1.82) is 0 Å². The van der Waals surface area contributed by atoms with Crippen molar-refractivity contribution in [3.05, 3.63) is 64.7 Å². The van der Waals surface area contributed by atoms with Crippen LogP contribution in [0.2, 0.25) is 5.02 Å². The van der Waals surface area contributed by atoms with E-state index < -0.39 is 17.6 Å². The zero-order valence-electron chi connectivity index (χ0n) is 11.6. The van der Waals surface area contributed by atoms with Gasteiger partial charge in [0.15, 0.2) is 0 Å². The number of methoxy groups -OCH3 is 1. The van der Waals surface area contributed by atoms with Gasteiger partial charge in [0.05, 0.1) is 7.11 Å². The molecule has 0 saturated heterocycles. The summed E-state index contributed by atoms with van der Waals surface area (Å²) in [5, 5.41) is 2.51. The molecule has 0 atom stereocenters. The number of Topliss-reactive ketones (excluding diaryl/α,β-unsaturated/α-hetero) is 1. The first-order chi connectivity index (χ1) is 10.5. The smallest absolute Gasteiger partial charge is 0.299 e. The predicted molar refractivity (Wildman–Crippen MR) is 81.2 cm³/mol. The molecular weight excluding hydrogens is 306 g/mol. The molecule has 0 radical (unpaired) electrons. The van der Waals surface area contributed by atoms with Gasteiger partial charge in [0.1, 0.15) is 5.75 Å². The minimum atomic E-state index is -0.995. The minimum absolute atomic E-state index is 0.169. The van der Waals surface area contributed by atoms with Crippen LogP contribution in [0, 0.1) is 0 Å². The van der Waals surface area contributed by atoms with Crippen LogP contribution in [0.3, 0.4) is 0 Å². The zero-order chi connectivity index (χ0) is 16.1. The number of imide groups is 1. The fraction of sp³-hybridized carbons (Fsp3) is 0.0625. The molecule has 2 rings (SSSR count). The van der Waals surface area contributed by atoms with Gasteiger partial charge in [-0.25, -0.2) is 0 Å². The topological polar surface area (TPSA) is 72.5 Å². The molecule has 2 aromatic carbocycles. The van der Waals surface area contributed by atoms with E-state index in [1.54, 1.807) is 12.1 Å². The fourth-order valence-electron chi connectivity index (χ4n) is 1.71. The van der Waals surface area contributed by atoms with Crippen LogP contribution in [0.5, 0.6) is 5.75 Å². The Morgan fingerprint density at radius 1 is 0.909 bits per heavy atom. The van der Waals surface area contributed by atoms with E-state index in [2.05, 4.69) is 0 Å². The second-order valence-electron chi connectivity index (χ2n) is 4.35. The van der Waals surface area contributed by atoms with Crippen LogP contribution in [-0.4, -0.2) is 24.7 Å². The lowest BCUT2D eigenvalue weighted by Gasteiger charge is -2.05. The van der Waals surface area contributed by atoms with Crippen LogP contribution in [0.15, 0.2) is 48.5 Å². The van der Waals surface area contributed by atoms with Crippen molar-refractivity contribution in [2.45, 2.75) is 0 Å². The van der Waals surface area contributed by atoms with E-state index >= 15 is 0 Å². The Kier molecular flexibility index (Phi) is 4.91. The van der Waals surface area contributed by atoms with Gasteiger partial charge in [-0.15, -0.1) is 0 Å². The molecule has 112 valence electrons. The van der Waals surface area contributed by atoms with E-state index in [1.165, 1.54) is 43.5 Å². The highest BCUT2D eigenvalue weighted by Gasteiger charge is 2.19. The lowest BCUT2D eigenvalue weighted by molar-refractivity contribution is -0.116. The van der Waals surface area contributed by atoms with E-state index in [0.29, 0.717) is 10.8 Å². The molecular formula is C16H12ClNO4. The van der Waals surface area contributed by atoms with Crippen molar-refractivity contribution in [2.75, 3.05) is 7.11 Å². The summed E-state index contributed by atoms with van der Waals surface area (Å²) < 4.78 is 4.96. The third-order valence-corrected chi connectivity index (χ3v) is 3.14. The molecule has 0 aliphatic carbocycles. The predicted octanol–water partition coefficient (Wildman–Crippen LogP) is 2.49. The average molecular weight is 318 g/mol. The molecule has 0 unspecified atom stereocenters. The van der Waals surface area contributed by atoms with E-state index in [1.807, 2.05) is 5.32 Å². The summed E-state index contributed by atoms with van der Waals surface area (Å²) in [7, 11) is 1.49. The van der Waals surface area contributed by atoms with Crippen LogP contribution in [0.25, 0.3) is 0 Å². The number of benzene rings is 2. The van der Waals surface area contributed by atoms with Crippen molar-refractivity contribution in [3.63, 3.8) is 0 Å². The Balaban J connectivity index is 2.05. The fourth-order valence-corrected chi connectivity index (χ4v) is 1.83. The number of ether oxygens (including phenoxy) is 1. The third-order valence-electron chi connectivity index (χ3n) is 2.89. The first kappa shape index (κ1) is 15.7. The van der Waals surface area contributed by atoms with Crippen molar-refractivity contribution in [1.82, 2.24) is 5.32 Å². The Morgan fingerprint density at radius 2 is 1.45 bits per heavy atom. The maximum absolute atomic E-state index is 11.9. The van der Waals surface area contributed by atoms with Gasteiger partial charge in [0.2, 0.25) is 0 Å². The molecule has 0 saturated carbocycles. The van der Waals surface area contributed by atoms with Crippen LogP contribution in [0.1, 0.15) is 20.7 Å². The van der Waals surface area contributed by atoms with Gasteiger partial charge >= 0.3 is 0 Å². The van der Waals surface area contributed by atoms with Crippen LogP contribution >= 0.6 is 11.6 Å². The summed E-state index contributed by atoms with van der Waals surface area (Å²) >= 11 is 5.71. The lowest BCUT2D eigenvalue weighted by Crippen LogP contribution is -2.36. The second-order valence-corrected chi connectivity index (χ2v) is 4.78. The monoisotopic (exact) mass is 317 g/mol. The normalized spacial score (nSPS) is 9.91. The molecule has 0 bridgehead atoms. The second kappa shape index (κ2) is 6.87. The molecule has 1 N–H and O–H groups in total. The van der Waals surface area contributed by atoms with Crippen LogP contribution < -0.4 is 10.1 Å². The number of rotatable bonds is 4. The van der Waals surface area contributed by atoms with E-state index in [0.717, 1.165) is 0 Å². The molecule has 5 nitrogen and oxygen atoms in total. The lowest BCUT2D eigenvalue weighted by atomic mass is 10.1. The number of hydrogen-bond acceptors (Lipinski definition) is 4. The van der Waals surface area contributed by atoms with Gasteiger partial charge in [-0.3, -0.25) is 19.7 Å². The number of amides is 2. The minimum Gasteiger partial charge on any atom is -0.497 e. The Morgan fingerprint density at radius 3 is 2.00 bits per heavy atom. The zero-order valence-corrected chi connectivity index (χ0v) is 12.4. The molecule has 6 heteroatoms. The van der Waals surface area contributed by atoms with E-state index in [-0.39, 0.29) is 11.1 Å². The summed E-state index contributed by atoms with van der Waals surface area (Å²) in [6, 6.07) is 12.0. The van der Waals surface area contributed by atoms with Gasteiger partial charge < -0.3 is 4.74 Å². The molecule has 0 aromatic heterocycles. The Labute approximate surface area is 131 Å². The first-order valence-corrected chi connectivity index (χ1v) is 6.68.